The monoisotopic (exact) mass is 368 g/mol. The predicted molar refractivity (Wildman–Crippen MR) is 102 cm³/mol. The van der Waals surface area contributed by atoms with Crippen LogP contribution in [0.15, 0.2) is 0 Å². The summed E-state index contributed by atoms with van der Waals surface area (Å²) in [6.45, 7) is 14.6. The van der Waals surface area contributed by atoms with Crippen LogP contribution in [0.3, 0.4) is 0 Å². The van der Waals surface area contributed by atoms with Crippen molar-refractivity contribution in [2.75, 3.05) is 39.5 Å². The van der Waals surface area contributed by atoms with Crippen molar-refractivity contribution >= 4 is 17.8 Å². The maximum atomic E-state index is 5.63. The number of hydrogen-bond acceptors (Lipinski definition) is 6. The van der Waals surface area contributed by atoms with Crippen molar-refractivity contribution in [3.05, 3.63) is 0 Å². The lowest BCUT2D eigenvalue weighted by Crippen LogP contribution is -2.39. The summed E-state index contributed by atoms with van der Waals surface area (Å²) in [7, 11) is -3.18. The van der Waals surface area contributed by atoms with Crippen LogP contribution in [0.25, 0.3) is 0 Å². The van der Waals surface area contributed by atoms with Gasteiger partial charge < -0.3 is 29.2 Å². The molecule has 0 aliphatic carbocycles. The highest BCUT2D eigenvalue weighted by atomic mass is 28.4. The standard InChI is InChI=1S/C8H21NO2Si.C7H19NO2Si/c1-4-10-12(3,11-5-2)8-6-7-9;1-3-9-11(10-4-2)7-5-6-8/h4-9H2,1-3H3;11H,3-8H2,1-2H3. The van der Waals surface area contributed by atoms with Crippen LogP contribution in [0.4, 0.5) is 0 Å². The molecular weight excluding hydrogens is 328 g/mol. The zero-order chi connectivity index (χ0) is 18.0. The van der Waals surface area contributed by atoms with E-state index in [2.05, 4.69) is 6.55 Å². The summed E-state index contributed by atoms with van der Waals surface area (Å²) in [5, 5.41) is 0. The van der Waals surface area contributed by atoms with E-state index in [0.717, 1.165) is 64.4 Å². The minimum atomic E-state index is -1.85. The van der Waals surface area contributed by atoms with E-state index in [1.807, 2.05) is 27.7 Å². The van der Waals surface area contributed by atoms with E-state index in [1.165, 1.54) is 0 Å². The van der Waals surface area contributed by atoms with Crippen LogP contribution in [-0.2, 0) is 17.7 Å². The molecule has 0 fully saturated rings. The molecule has 142 valence electrons. The predicted octanol–water partition coefficient (Wildman–Crippen LogP) is 2.11. The topological polar surface area (TPSA) is 89.0 Å². The summed E-state index contributed by atoms with van der Waals surface area (Å²) in [6, 6.07) is 2.04. The molecule has 0 aromatic carbocycles. The SMILES string of the molecule is CCO[SiH](CCCN)OCC.CCO[Si](C)(CCCN)OCC. The first-order valence-corrected chi connectivity index (χ1v) is 13.2. The van der Waals surface area contributed by atoms with Crippen molar-refractivity contribution in [2.45, 2.75) is 59.2 Å². The van der Waals surface area contributed by atoms with Gasteiger partial charge >= 0.3 is 17.8 Å². The zero-order valence-electron chi connectivity index (χ0n) is 15.9. The van der Waals surface area contributed by atoms with Gasteiger partial charge in [0.2, 0.25) is 0 Å². The Labute approximate surface area is 146 Å². The van der Waals surface area contributed by atoms with Crippen LogP contribution >= 0.6 is 0 Å². The van der Waals surface area contributed by atoms with Gasteiger partial charge in [0.1, 0.15) is 0 Å². The molecule has 0 saturated carbocycles. The molecule has 0 radical (unpaired) electrons. The summed E-state index contributed by atoms with van der Waals surface area (Å²) >= 11 is 0. The summed E-state index contributed by atoms with van der Waals surface area (Å²) in [4.78, 5) is 0. The van der Waals surface area contributed by atoms with E-state index in [4.69, 9.17) is 29.2 Å². The quantitative estimate of drug-likeness (QED) is 0.457. The van der Waals surface area contributed by atoms with Gasteiger partial charge in [0.25, 0.3) is 0 Å². The van der Waals surface area contributed by atoms with Crippen LogP contribution in [-0.4, -0.2) is 57.4 Å². The maximum absolute atomic E-state index is 5.63. The molecular formula is C15H40N2O4Si2. The summed E-state index contributed by atoms with van der Waals surface area (Å²) in [5.74, 6) is 0. The molecule has 8 heteroatoms. The van der Waals surface area contributed by atoms with E-state index in [-0.39, 0.29) is 0 Å². The number of rotatable bonds is 14. The Hall–Kier alpha value is 0.194. The van der Waals surface area contributed by atoms with Crippen LogP contribution < -0.4 is 11.5 Å². The molecule has 0 unspecified atom stereocenters. The zero-order valence-corrected chi connectivity index (χ0v) is 18.1. The van der Waals surface area contributed by atoms with E-state index < -0.39 is 17.8 Å². The van der Waals surface area contributed by atoms with E-state index >= 15 is 0 Å². The minimum absolute atomic E-state index is 0.725. The molecule has 0 aromatic heterocycles. The van der Waals surface area contributed by atoms with Crippen LogP contribution in [0.2, 0.25) is 18.6 Å². The first kappa shape index (κ1) is 25.4. The number of hydrogen-bond donors (Lipinski definition) is 2. The smallest absolute Gasteiger partial charge is 0.334 e. The molecule has 0 saturated heterocycles. The fraction of sp³-hybridized carbons (Fsp3) is 1.00. The van der Waals surface area contributed by atoms with Crippen LogP contribution in [0.1, 0.15) is 40.5 Å². The average Bonchev–Trinajstić information content (AvgIpc) is 2.52. The first-order chi connectivity index (χ1) is 11.0. The average molecular weight is 369 g/mol. The van der Waals surface area contributed by atoms with Gasteiger partial charge in [0, 0.05) is 26.4 Å². The van der Waals surface area contributed by atoms with Crippen molar-refractivity contribution in [2.24, 2.45) is 11.5 Å². The Kier molecular flexibility index (Phi) is 20.5. The summed E-state index contributed by atoms with van der Waals surface area (Å²) < 4.78 is 22.2. The van der Waals surface area contributed by atoms with Gasteiger partial charge in [0.05, 0.1) is 0 Å². The molecule has 0 atom stereocenters. The molecule has 0 aliphatic rings. The second kappa shape index (κ2) is 18.5. The molecule has 4 N–H and O–H groups in total. The molecule has 0 aromatic rings. The molecule has 0 spiro atoms. The van der Waals surface area contributed by atoms with Gasteiger partial charge in [-0.1, -0.05) is 0 Å². The molecule has 6 nitrogen and oxygen atoms in total. The Morgan fingerprint density at radius 2 is 1.26 bits per heavy atom. The van der Waals surface area contributed by atoms with Gasteiger partial charge in [-0.25, -0.2) is 0 Å². The lowest BCUT2D eigenvalue weighted by molar-refractivity contribution is 0.188. The molecule has 23 heavy (non-hydrogen) atoms. The lowest BCUT2D eigenvalue weighted by atomic mass is 10.5. The third-order valence-electron chi connectivity index (χ3n) is 3.08. The van der Waals surface area contributed by atoms with Crippen molar-refractivity contribution in [1.82, 2.24) is 0 Å². The van der Waals surface area contributed by atoms with E-state index in [1.54, 1.807) is 0 Å². The van der Waals surface area contributed by atoms with Crippen LogP contribution in [0, 0.1) is 0 Å². The first-order valence-electron chi connectivity index (χ1n) is 8.94. The Balaban J connectivity index is 0. The fourth-order valence-electron chi connectivity index (χ4n) is 2.09. The number of nitrogens with two attached hydrogens (primary N) is 2. The summed E-state index contributed by atoms with van der Waals surface area (Å²) in [6.07, 6.45) is 2.03. The van der Waals surface area contributed by atoms with E-state index in [0.29, 0.717) is 0 Å². The van der Waals surface area contributed by atoms with Gasteiger partial charge in [-0.2, -0.15) is 0 Å². The third kappa shape index (κ3) is 16.8. The van der Waals surface area contributed by atoms with Crippen molar-refractivity contribution in [3.8, 4) is 0 Å². The van der Waals surface area contributed by atoms with Gasteiger partial charge in [-0.05, 0) is 72.3 Å². The second-order valence-electron chi connectivity index (χ2n) is 5.16. The van der Waals surface area contributed by atoms with Gasteiger partial charge in [-0.3, -0.25) is 0 Å². The Morgan fingerprint density at radius 3 is 1.61 bits per heavy atom. The molecule has 0 amide bonds. The van der Waals surface area contributed by atoms with Crippen molar-refractivity contribution in [1.29, 1.82) is 0 Å². The minimum Gasteiger partial charge on any atom is -0.397 e. The Morgan fingerprint density at radius 1 is 0.783 bits per heavy atom. The molecule has 0 rings (SSSR count). The highest BCUT2D eigenvalue weighted by Gasteiger charge is 2.29. The normalized spacial score (nSPS) is 11.5. The molecule has 0 heterocycles. The van der Waals surface area contributed by atoms with Gasteiger partial charge in [0.15, 0.2) is 0 Å². The Bertz CT molecular complexity index is 228. The van der Waals surface area contributed by atoms with Gasteiger partial charge in [-0.15, -0.1) is 0 Å². The molecule has 0 bridgehead atoms. The van der Waals surface area contributed by atoms with E-state index in [9.17, 15) is 0 Å². The highest BCUT2D eigenvalue weighted by molar-refractivity contribution is 6.66. The second-order valence-corrected chi connectivity index (χ2v) is 10.6. The molecule has 0 aliphatic heterocycles. The maximum Gasteiger partial charge on any atom is 0.334 e. The van der Waals surface area contributed by atoms with Crippen LogP contribution in [0.5, 0.6) is 0 Å². The van der Waals surface area contributed by atoms with Crippen molar-refractivity contribution < 1.29 is 17.7 Å². The highest BCUT2D eigenvalue weighted by Crippen LogP contribution is 2.14. The largest absolute Gasteiger partial charge is 0.397 e. The fourth-order valence-corrected chi connectivity index (χ4v) is 6.27. The summed E-state index contributed by atoms with van der Waals surface area (Å²) in [5.41, 5.74) is 10.8. The lowest BCUT2D eigenvalue weighted by Gasteiger charge is -2.25. The third-order valence-corrected chi connectivity index (χ3v) is 8.43. The van der Waals surface area contributed by atoms with Crippen molar-refractivity contribution in [3.63, 3.8) is 0 Å².